The summed E-state index contributed by atoms with van der Waals surface area (Å²) in [7, 11) is 0. The Morgan fingerprint density at radius 3 is 2.31 bits per heavy atom. The molecule has 4 heteroatoms. The van der Waals surface area contributed by atoms with E-state index in [1.165, 1.54) is 0 Å². The quantitative estimate of drug-likeness (QED) is 0.544. The molecule has 0 saturated heterocycles. The summed E-state index contributed by atoms with van der Waals surface area (Å²) < 4.78 is 6.08. The number of carbonyl (C=O) groups excluding carboxylic acids is 1. The molecule has 1 aromatic carbocycles. The number of nitrogens with zero attached hydrogens (tertiary/aromatic N) is 1. The smallest absolute Gasteiger partial charge is 0.338 e. The molecule has 2 rings (SSSR count). The first-order chi connectivity index (χ1) is 13.6. The van der Waals surface area contributed by atoms with Gasteiger partial charge in [0.1, 0.15) is 11.9 Å². The molecule has 2 aromatic rings. The van der Waals surface area contributed by atoms with E-state index in [4.69, 9.17) is 10.5 Å². The van der Waals surface area contributed by atoms with Crippen LogP contribution in [0.5, 0.6) is 0 Å². The van der Waals surface area contributed by atoms with Crippen LogP contribution in [0.2, 0.25) is 0 Å². The molecule has 158 valence electrons. The molecule has 0 radical (unpaired) electrons. The lowest BCUT2D eigenvalue weighted by Gasteiger charge is -2.34. The van der Waals surface area contributed by atoms with Crippen LogP contribution in [0.15, 0.2) is 36.4 Å². The average Bonchev–Trinajstić information content (AvgIpc) is 2.65. The maximum Gasteiger partial charge on any atom is 0.338 e. The molecule has 2 unspecified atom stereocenters. The van der Waals surface area contributed by atoms with E-state index in [-0.39, 0.29) is 18.0 Å². The Hall–Kier alpha value is -2.36. The fourth-order valence-electron chi connectivity index (χ4n) is 3.87. The number of benzene rings is 1. The minimum atomic E-state index is -0.276. The molecular formula is C25H36N2O2. The number of rotatable bonds is 8. The fraction of sp³-hybridized carbons (Fsp3) is 0.520. The molecule has 4 nitrogen and oxygen atoms in total. The lowest BCUT2D eigenvalue weighted by Crippen LogP contribution is -2.35. The zero-order chi connectivity index (χ0) is 21.7. The normalized spacial score (nSPS) is 13.7. The van der Waals surface area contributed by atoms with Crippen LogP contribution in [0.3, 0.4) is 0 Å². The van der Waals surface area contributed by atoms with Crippen LogP contribution < -0.4 is 5.73 Å². The Labute approximate surface area is 175 Å². The van der Waals surface area contributed by atoms with Crippen LogP contribution in [0.1, 0.15) is 63.9 Å². The SMILES string of the molecule is Cc1ccc(N)nc1-c1cccc(C(=O)OC(C(C)C)C(CC(C)C)C(C)C)c1. The van der Waals surface area contributed by atoms with Gasteiger partial charge in [-0.1, -0.05) is 59.7 Å². The van der Waals surface area contributed by atoms with Crippen LogP contribution >= 0.6 is 0 Å². The third-order valence-electron chi connectivity index (χ3n) is 5.41. The first-order valence-electron chi connectivity index (χ1n) is 10.6. The highest BCUT2D eigenvalue weighted by molar-refractivity contribution is 5.91. The summed E-state index contributed by atoms with van der Waals surface area (Å²) in [5.74, 6) is 1.78. The summed E-state index contributed by atoms with van der Waals surface area (Å²) in [5, 5.41) is 0. The molecule has 1 aromatic heterocycles. The van der Waals surface area contributed by atoms with Crippen molar-refractivity contribution >= 4 is 11.8 Å². The number of aromatic nitrogens is 1. The first kappa shape index (κ1) is 22.9. The molecule has 1 heterocycles. The molecule has 0 spiro atoms. The third kappa shape index (κ3) is 6.06. The Kier molecular flexibility index (Phi) is 7.83. The van der Waals surface area contributed by atoms with Crippen LogP contribution in [0.4, 0.5) is 5.82 Å². The van der Waals surface area contributed by atoms with Crippen molar-refractivity contribution in [2.45, 2.75) is 61.0 Å². The molecular weight excluding hydrogens is 360 g/mol. The molecule has 0 amide bonds. The molecule has 0 aliphatic carbocycles. The Morgan fingerprint density at radius 2 is 1.72 bits per heavy atom. The number of anilines is 1. The van der Waals surface area contributed by atoms with Gasteiger partial charge in [-0.15, -0.1) is 0 Å². The molecule has 2 atom stereocenters. The number of carbonyl (C=O) groups is 1. The van der Waals surface area contributed by atoms with E-state index < -0.39 is 0 Å². The van der Waals surface area contributed by atoms with Gasteiger partial charge < -0.3 is 10.5 Å². The van der Waals surface area contributed by atoms with E-state index in [9.17, 15) is 4.79 Å². The van der Waals surface area contributed by atoms with Crippen molar-refractivity contribution in [3.63, 3.8) is 0 Å². The van der Waals surface area contributed by atoms with Crippen molar-refractivity contribution in [1.82, 2.24) is 4.98 Å². The monoisotopic (exact) mass is 396 g/mol. The first-order valence-corrected chi connectivity index (χ1v) is 10.6. The maximum atomic E-state index is 13.0. The van der Waals surface area contributed by atoms with E-state index in [1.807, 2.05) is 31.2 Å². The molecule has 0 bridgehead atoms. The number of aryl methyl sites for hydroxylation is 1. The number of ether oxygens (including phenoxy) is 1. The zero-order valence-electron chi connectivity index (χ0n) is 18.9. The average molecular weight is 397 g/mol. The topological polar surface area (TPSA) is 65.2 Å². The summed E-state index contributed by atoms with van der Waals surface area (Å²) >= 11 is 0. The Balaban J connectivity index is 2.30. The molecule has 0 aliphatic rings. The van der Waals surface area contributed by atoms with E-state index in [0.717, 1.165) is 23.2 Å². The van der Waals surface area contributed by atoms with Crippen molar-refractivity contribution < 1.29 is 9.53 Å². The number of hydrogen-bond donors (Lipinski definition) is 1. The maximum absolute atomic E-state index is 13.0. The van der Waals surface area contributed by atoms with Gasteiger partial charge in [0.05, 0.1) is 11.3 Å². The van der Waals surface area contributed by atoms with Gasteiger partial charge in [-0.25, -0.2) is 9.78 Å². The predicted octanol–water partition coefficient (Wildman–Crippen LogP) is 6.14. The van der Waals surface area contributed by atoms with Crippen molar-refractivity contribution in [2.24, 2.45) is 23.7 Å². The standard InChI is InChI=1S/C25H36N2O2/c1-15(2)13-21(16(3)4)24(17(5)6)29-25(28)20-10-8-9-19(14-20)23-18(7)11-12-22(26)27-23/h8-12,14-17,21,24H,13H2,1-7H3,(H2,26,27). The molecule has 0 aliphatic heterocycles. The van der Waals surface area contributed by atoms with Crippen molar-refractivity contribution in [1.29, 1.82) is 0 Å². The summed E-state index contributed by atoms with van der Waals surface area (Å²) in [5.41, 5.74) is 9.08. The van der Waals surface area contributed by atoms with Crippen LogP contribution in [0, 0.1) is 30.6 Å². The summed E-state index contributed by atoms with van der Waals surface area (Å²) in [6.45, 7) is 15.1. The highest BCUT2D eigenvalue weighted by Gasteiger charge is 2.31. The predicted molar refractivity (Wildman–Crippen MR) is 121 cm³/mol. The van der Waals surface area contributed by atoms with Gasteiger partial charge in [0.25, 0.3) is 0 Å². The van der Waals surface area contributed by atoms with Gasteiger partial charge in [0, 0.05) is 5.56 Å². The van der Waals surface area contributed by atoms with Gasteiger partial charge in [-0.3, -0.25) is 0 Å². The van der Waals surface area contributed by atoms with Crippen LogP contribution in [-0.4, -0.2) is 17.1 Å². The molecule has 2 N–H and O–H groups in total. The van der Waals surface area contributed by atoms with Crippen LogP contribution in [-0.2, 0) is 4.74 Å². The minimum Gasteiger partial charge on any atom is -0.458 e. The Bertz CT molecular complexity index is 827. The molecule has 0 fully saturated rings. The molecule has 0 saturated carbocycles. The Morgan fingerprint density at radius 1 is 1.03 bits per heavy atom. The van der Waals surface area contributed by atoms with Gasteiger partial charge in [-0.2, -0.15) is 0 Å². The zero-order valence-corrected chi connectivity index (χ0v) is 18.9. The lowest BCUT2D eigenvalue weighted by molar-refractivity contribution is -0.0164. The highest BCUT2D eigenvalue weighted by atomic mass is 16.5. The minimum absolute atomic E-state index is 0.110. The van der Waals surface area contributed by atoms with Gasteiger partial charge in [0.15, 0.2) is 0 Å². The second-order valence-electron chi connectivity index (χ2n) is 9.13. The summed E-state index contributed by atoms with van der Waals surface area (Å²) in [6.07, 6.45) is 0.932. The van der Waals surface area contributed by atoms with E-state index in [0.29, 0.717) is 29.1 Å². The largest absolute Gasteiger partial charge is 0.458 e. The van der Waals surface area contributed by atoms with Gasteiger partial charge >= 0.3 is 5.97 Å². The van der Waals surface area contributed by atoms with Crippen molar-refractivity contribution in [2.75, 3.05) is 5.73 Å². The highest BCUT2D eigenvalue weighted by Crippen LogP contribution is 2.31. The van der Waals surface area contributed by atoms with Gasteiger partial charge in [0.2, 0.25) is 0 Å². The van der Waals surface area contributed by atoms with E-state index in [2.05, 4.69) is 46.5 Å². The van der Waals surface area contributed by atoms with Crippen molar-refractivity contribution in [3.8, 4) is 11.3 Å². The summed E-state index contributed by atoms with van der Waals surface area (Å²) in [4.78, 5) is 17.5. The van der Waals surface area contributed by atoms with Crippen molar-refractivity contribution in [3.05, 3.63) is 47.5 Å². The fourth-order valence-corrected chi connectivity index (χ4v) is 3.87. The molecule has 29 heavy (non-hydrogen) atoms. The number of esters is 1. The third-order valence-corrected chi connectivity index (χ3v) is 5.41. The summed E-state index contributed by atoms with van der Waals surface area (Å²) in [6, 6.07) is 11.2. The second-order valence-corrected chi connectivity index (χ2v) is 9.13. The van der Waals surface area contributed by atoms with Gasteiger partial charge in [-0.05, 0) is 60.8 Å². The number of nitrogen functional groups attached to an aromatic ring is 1. The van der Waals surface area contributed by atoms with E-state index >= 15 is 0 Å². The second kappa shape index (κ2) is 9.91. The van der Waals surface area contributed by atoms with E-state index in [1.54, 1.807) is 12.1 Å². The lowest BCUT2D eigenvalue weighted by atomic mass is 9.79. The number of nitrogens with two attached hydrogens (primary N) is 1. The number of pyridine rings is 1. The van der Waals surface area contributed by atoms with Crippen LogP contribution in [0.25, 0.3) is 11.3 Å². The number of hydrogen-bond acceptors (Lipinski definition) is 4.